The van der Waals surface area contributed by atoms with E-state index in [1.165, 1.54) is 31.1 Å². The fraction of sp³-hybridized carbons (Fsp3) is 0.369. The van der Waals surface area contributed by atoms with Crippen LogP contribution in [0.4, 0.5) is 9.59 Å². The summed E-state index contributed by atoms with van der Waals surface area (Å²) in [6.45, 7) is 15.0. The molecule has 0 radical (unpaired) electrons. The summed E-state index contributed by atoms with van der Waals surface area (Å²) in [5, 5.41) is 4.19. The zero-order chi connectivity index (χ0) is 60.0. The van der Waals surface area contributed by atoms with E-state index in [9.17, 15) is 24.0 Å². The monoisotopic (exact) mass is 1170 g/mol. The highest BCUT2D eigenvalue weighted by Gasteiger charge is 2.41. The Morgan fingerprint density at radius 2 is 0.843 bits per heavy atom. The van der Waals surface area contributed by atoms with Crippen LogP contribution in [-0.2, 0) is 96.8 Å². The number of hydrogen-bond acceptors (Lipinski definition) is 14. The van der Waals surface area contributed by atoms with Crippen LogP contribution in [-0.4, -0.2) is 90.6 Å². The highest BCUT2D eigenvalue weighted by Crippen LogP contribution is 2.39. The highest BCUT2D eigenvalue weighted by molar-refractivity contribution is 6.32. The van der Waals surface area contributed by atoms with Crippen molar-refractivity contribution in [2.24, 2.45) is 0 Å². The minimum absolute atomic E-state index is 0.197. The number of ether oxygens (including phenoxy) is 8. The normalized spacial score (nSPS) is 16.1. The molecule has 6 aromatic carbocycles. The molecule has 83 heavy (non-hydrogen) atoms. The van der Waals surface area contributed by atoms with Crippen molar-refractivity contribution in [3.63, 3.8) is 0 Å². The van der Waals surface area contributed by atoms with Gasteiger partial charge in [0, 0.05) is 42.5 Å². The Hall–Kier alpha value is -7.79. The van der Waals surface area contributed by atoms with Crippen molar-refractivity contribution >= 4 is 53.3 Å². The summed E-state index contributed by atoms with van der Waals surface area (Å²) in [5.74, 6) is 0.681. The van der Waals surface area contributed by atoms with Crippen LogP contribution in [0, 0.1) is 6.92 Å². The summed E-state index contributed by atoms with van der Waals surface area (Å²) >= 11 is 12.8. The third kappa shape index (κ3) is 16.9. The number of fused-ring (bicyclic) bond motifs is 3. The average Bonchev–Trinajstić information content (AvgIpc) is 2.63. The number of methoxy groups -OCH3 is 3. The number of carbonyl (C=O) groups is 5. The smallest absolute Gasteiger partial charge is 0.411 e. The first-order chi connectivity index (χ1) is 39.6. The van der Waals surface area contributed by atoms with Crippen molar-refractivity contribution in [2.45, 2.75) is 137 Å². The van der Waals surface area contributed by atoms with Gasteiger partial charge in [0.25, 0.3) is 0 Å². The van der Waals surface area contributed by atoms with Gasteiger partial charge in [0.15, 0.2) is 0 Å². The summed E-state index contributed by atoms with van der Waals surface area (Å²) in [5.41, 5.74) is 8.38. The van der Waals surface area contributed by atoms with E-state index in [1.807, 2.05) is 128 Å². The molecule has 0 fully saturated rings. The van der Waals surface area contributed by atoms with Gasteiger partial charge in [0.1, 0.15) is 66.4 Å². The number of nitrogens with zero attached hydrogens (tertiary/aromatic N) is 2. The average molecular weight is 1180 g/mol. The molecule has 0 spiro atoms. The second-order valence-corrected chi connectivity index (χ2v) is 22.9. The van der Waals surface area contributed by atoms with Crippen molar-refractivity contribution in [1.82, 2.24) is 15.1 Å². The minimum atomic E-state index is -0.824. The molecule has 18 heteroatoms. The predicted molar refractivity (Wildman–Crippen MR) is 315 cm³/mol. The summed E-state index contributed by atoms with van der Waals surface area (Å²) in [4.78, 5) is 65.2. The van der Waals surface area contributed by atoms with E-state index in [0.717, 1.165) is 61.4 Å². The van der Waals surface area contributed by atoms with Gasteiger partial charge < -0.3 is 43.2 Å². The van der Waals surface area contributed by atoms with Gasteiger partial charge in [0.2, 0.25) is 0 Å². The van der Waals surface area contributed by atoms with E-state index in [-0.39, 0.29) is 31.5 Å². The quantitative estimate of drug-likeness (QED) is 0.0904. The van der Waals surface area contributed by atoms with Gasteiger partial charge in [-0.25, -0.2) is 19.2 Å². The molecule has 3 heterocycles. The van der Waals surface area contributed by atoms with Crippen LogP contribution in [0.1, 0.15) is 97.2 Å². The maximum Gasteiger partial charge on any atom is 0.411 e. The lowest BCUT2D eigenvalue weighted by Gasteiger charge is -2.37. The first kappa shape index (κ1) is 62.8. The molecule has 1 N–H and O–H groups in total. The van der Waals surface area contributed by atoms with Crippen molar-refractivity contribution in [3.05, 3.63) is 193 Å². The van der Waals surface area contributed by atoms with Crippen molar-refractivity contribution < 1.29 is 61.9 Å². The topological polar surface area (TPSA) is 178 Å². The molecule has 440 valence electrons. The van der Waals surface area contributed by atoms with Gasteiger partial charge in [-0.05, 0) is 99.5 Å². The molecule has 0 saturated carbocycles. The fourth-order valence-corrected chi connectivity index (χ4v) is 10.1. The van der Waals surface area contributed by atoms with Crippen LogP contribution < -0.4 is 19.5 Å². The van der Waals surface area contributed by atoms with Crippen LogP contribution in [0.2, 0.25) is 10.0 Å². The molecule has 3 atom stereocenters. The molecule has 0 saturated heterocycles. The first-order valence-electron chi connectivity index (χ1n) is 27.3. The minimum Gasteiger partial charge on any atom is -0.488 e. The molecule has 9 rings (SSSR count). The molecule has 0 aliphatic carbocycles. The third-order valence-electron chi connectivity index (χ3n) is 13.7. The maximum atomic E-state index is 12.8. The SMILES string of the molecule is COC(=O)[C@@H]1Cc2c(ccc(C)c2OCc2ccccc2)CN1C(=O)OC(C)(C)C.COC(=O)[C@@H]1Cc2c(ccc(Cl)c2OCc2ccccc2)CN1.COC(=O)[C@@H]1Cc2c(ccc(Cl)c2OCc2ccccc2)CN1C(=O)OC(C)(C)C. The molecule has 2 amide bonds. The summed E-state index contributed by atoms with van der Waals surface area (Å²) in [6.07, 6.45) is -0.0489. The van der Waals surface area contributed by atoms with Crippen LogP contribution in [0.3, 0.4) is 0 Å². The Bertz CT molecular complexity index is 3070. The molecule has 3 aliphatic heterocycles. The van der Waals surface area contributed by atoms with E-state index in [1.54, 1.807) is 47.6 Å². The molecule has 0 bridgehead atoms. The molecule has 0 unspecified atom stereocenters. The Labute approximate surface area is 496 Å². The number of nitrogens with one attached hydrogen (secondary N) is 1. The number of carbonyl (C=O) groups excluding carboxylic acids is 5. The van der Waals surface area contributed by atoms with E-state index in [4.69, 9.17) is 61.1 Å². The Morgan fingerprint density at radius 3 is 1.24 bits per heavy atom. The standard InChI is InChI=1S/C24H29NO5.C23H26ClNO5.C18H18ClNO3/c1-16-11-12-18-14-25(23(27)30-24(2,3)4)20(22(26)28-5)13-19(18)21(16)29-15-17-9-7-6-8-10-17;1-23(2,3)30-22(27)25-13-16-10-11-18(24)20(17(16)12-19(25)21(26)28-4)29-14-15-8-6-5-7-9-15;1-22-18(21)16-9-14-13(10-20-16)7-8-15(19)17(14)23-11-12-5-3-2-4-6-12/h6-12,20H,13-15H2,1-5H3;5-11,19H,12-14H2,1-4H3;2-8,16,20H,9-11H2,1H3/t20-;19-;16-/m000/s1. The second kappa shape index (κ2) is 28.5. The molecular formula is C65H73Cl2N3O13. The summed E-state index contributed by atoms with van der Waals surface area (Å²) < 4.78 is 44.0. The van der Waals surface area contributed by atoms with Crippen LogP contribution in [0.5, 0.6) is 17.2 Å². The fourth-order valence-electron chi connectivity index (χ4n) is 9.63. The number of halogens is 2. The first-order valence-corrected chi connectivity index (χ1v) is 28.0. The number of esters is 3. The van der Waals surface area contributed by atoms with Crippen LogP contribution in [0.15, 0.2) is 127 Å². The Kier molecular flexibility index (Phi) is 21.5. The molecule has 3 aliphatic rings. The maximum absolute atomic E-state index is 12.8. The lowest BCUT2D eigenvalue weighted by atomic mass is 9.91. The largest absolute Gasteiger partial charge is 0.488 e. The van der Waals surface area contributed by atoms with Crippen molar-refractivity contribution in [1.29, 1.82) is 0 Å². The van der Waals surface area contributed by atoms with Crippen LogP contribution in [0.25, 0.3) is 0 Å². The molecule has 16 nitrogen and oxygen atoms in total. The lowest BCUT2D eigenvalue weighted by Crippen LogP contribution is -2.50. The van der Waals surface area contributed by atoms with Gasteiger partial charge in [-0.1, -0.05) is 138 Å². The van der Waals surface area contributed by atoms with Gasteiger partial charge >= 0.3 is 30.1 Å². The van der Waals surface area contributed by atoms with Gasteiger partial charge in [0.05, 0.1) is 44.5 Å². The lowest BCUT2D eigenvalue weighted by molar-refractivity contribution is -0.148. The van der Waals surface area contributed by atoms with Gasteiger partial charge in [-0.3, -0.25) is 14.6 Å². The molecular weight excluding hydrogens is 1100 g/mol. The predicted octanol–water partition coefficient (Wildman–Crippen LogP) is 12.3. The summed E-state index contributed by atoms with van der Waals surface area (Å²) in [6, 6.07) is 38.9. The second-order valence-electron chi connectivity index (χ2n) is 22.1. The highest BCUT2D eigenvalue weighted by atomic mass is 35.5. The van der Waals surface area contributed by atoms with E-state index in [0.29, 0.717) is 60.8 Å². The molecule has 6 aromatic rings. The zero-order valence-electron chi connectivity index (χ0n) is 48.7. The third-order valence-corrected chi connectivity index (χ3v) is 14.3. The Balaban J connectivity index is 0.000000181. The van der Waals surface area contributed by atoms with Crippen molar-refractivity contribution in [3.8, 4) is 17.2 Å². The van der Waals surface area contributed by atoms with Gasteiger partial charge in [-0.15, -0.1) is 0 Å². The van der Waals surface area contributed by atoms with E-state index >= 15 is 0 Å². The Morgan fingerprint density at radius 1 is 0.482 bits per heavy atom. The van der Waals surface area contributed by atoms with E-state index < -0.39 is 47.4 Å². The number of amides is 2. The number of rotatable bonds is 12. The number of aryl methyl sites for hydroxylation is 1. The van der Waals surface area contributed by atoms with Crippen molar-refractivity contribution in [2.75, 3.05) is 21.3 Å². The van der Waals surface area contributed by atoms with Gasteiger partial charge in [-0.2, -0.15) is 0 Å². The number of hydrogen-bond donors (Lipinski definition) is 1. The number of benzene rings is 6. The zero-order valence-corrected chi connectivity index (χ0v) is 50.2. The van der Waals surface area contributed by atoms with Crippen LogP contribution >= 0.6 is 23.2 Å². The van der Waals surface area contributed by atoms with E-state index in [2.05, 4.69) is 5.32 Å². The molecule has 0 aromatic heterocycles. The summed E-state index contributed by atoms with van der Waals surface area (Å²) in [7, 11) is 4.02.